The summed E-state index contributed by atoms with van der Waals surface area (Å²) in [6.45, 7) is 2.68. The van der Waals surface area contributed by atoms with E-state index in [4.69, 9.17) is 15.0 Å². The molecule has 4 rings (SSSR count). The predicted molar refractivity (Wildman–Crippen MR) is 101 cm³/mol. The van der Waals surface area contributed by atoms with Crippen LogP contribution in [0.3, 0.4) is 0 Å². The van der Waals surface area contributed by atoms with Crippen LogP contribution < -0.4 is 0 Å². The lowest BCUT2D eigenvalue weighted by Gasteiger charge is -2.47. The van der Waals surface area contributed by atoms with E-state index in [9.17, 15) is 23.1 Å². The first-order valence-corrected chi connectivity index (χ1v) is 9.96. The first-order chi connectivity index (χ1) is 13.9. The summed E-state index contributed by atoms with van der Waals surface area (Å²) in [7, 11) is 0. The number of hydrogen-bond acceptors (Lipinski definition) is 4. The van der Waals surface area contributed by atoms with Gasteiger partial charge in [-0.05, 0) is 68.2 Å². The SMILES string of the molecule is O=C(O)C(F)(F)F.O=C(O)C1CC(O)(CN2CCC3(CC2)Cc2ccccc2C3)C1. The van der Waals surface area contributed by atoms with Gasteiger partial charge in [-0.25, -0.2) is 4.79 Å². The van der Waals surface area contributed by atoms with Crippen LogP contribution in [0.4, 0.5) is 13.2 Å². The summed E-state index contributed by atoms with van der Waals surface area (Å²) in [5.74, 6) is -3.87. The molecule has 1 aromatic rings. The number of halogens is 3. The Labute approximate surface area is 172 Å². The van der Waals surface area contributed by atoms with Crippen molar-refractivity contribution in [2.24, 2.45) is 11.3 Å². The number of carboxylic acid groups (broad SMARTS) is 2. The Hall–Kier alpha value is -2.13. The number of carboxylic acids is 2. The number of carbonyl (C=O) groups is 2. The number of β-amino-alcohol motifs (C(OH)–C–C–N with tert-alkyl or cyclic N) is 1. The van der Waals surface area contributed by atoms with Crippen molar-refractivity contribution < 1.29 is 38.1 Å². The fourth-order valence-corrected chi connectivity index (χ4v) is 4.89. The Balaban J connectivity index is 0.000000318. The summed E-state index contributed by atoms with van der Waals surface area (Å²) >= 11 is 0. The summed E-state index contributed by atoms with van der Waals surface area (Å²) < 4.78 is 31.7. The van der Waals surface area contributed by atoms with Crippen molar-refractivity contribution >= 4 is 11.9 Å². The zero-order chi connectivity index (χ0) is 22.2. The minimum absolute atomic E-state index is 0.347. The maximum absolute atomic E-state index is 10.9. The molecule has 6 nitrogen and oxygen atoms in total. The largest absolute Gasteiger partial charge is 0.490 e. The minimum atomic E-state index is -5.08. The van der Waals surface area contributed by atoms with Crippen molar-refractivity contribution in [1.82, 2.24) is 4.90 Å². The van der Waals surface area contributed by atoms with Gasteiger partial charge in [-0.3, -0.25) is 4.79 Å². The van der Waals surface area contributed by atoms with Crippen LogP contribution in [0.2, 0.25) is 0 Å². The molecule has 0 atom stereocenters. The van der Waals surface area contributed by atoms with Crippen molar-refractivity contribution in [1.29, 1.82) is 0 Å². The lowest BCUT2D eigenvalue weighted by Crippen LogP contribution is -2.56. The van der Waals surface area contributed by atoms with Gasteiger partial charge >= 0.3 is 18.1 Å². The predicted octanol–water partition coefficient (Wildman–Crippen LogP) is 2.73. The third-order valence-electron chi connectivity index (χ3n) is 6.53. The maximum Gasteiger partial charge on any atom is 0.490 e. The number of piperidine rings is 1. The Kier molecular flexibility index (Phi) is 6.15. The zero-order valence-electron chi connectivity index (χ0n) is 16.5. The number of likely N-dealkylation sites (tertiary alicyclic amines) is 1. The number of hydrogen-bond donors (Lipinski definition) is 3. The maximum atomic E-state index is 10.9. The van der Waals surface area contributed by atoms with Crippen LogP contribution in [-0.4, -0.2) is 63.6 Å². The summed E-state index contributed by atoms with van der Waals surface area (Å²) in [4.78, 5) is 22.1. The molecule has 2 fully saturated rings. The van der Waals surface area contributed by atoms with Crippen LogP contribution in [0.25, 0.3) is 0 Å². The van der Waals surface area contributed by atoms with Gasteiger partial charge in [0, 0.05) is 6.54 Å². The molecule has 0 amide bonds. The lowest BCUT2D eigenvalue weighted by atomic mass is 9.70. The second-order valence-corrected chi connectivity index (χ2v) is 8.87. The molecular formula is C21H26F3NO5. The molecule has 166 valence electrons. The van der Waals surface area contributed by atoms with E-state index in [0.717, 1.165) is 13.1 Å². The molecule has 3 aliphatic rings. The highest BCUT2D eigenvalue weighted by Gasteiger charge is 2.48. The third-order valence-corrected chi connectivity index (χ3v) is 6.53. The fourth-order valence-electron chi connectivity index (χ4n) is 4.89. The Morgan fingerprint density at radius 3 is 1.90 bits per heavy atom. The van der Waals surface area contributed by atoms with Gasteiger partial charge in [0.15, 0.2) is 0 Å². The van der Waals surface area contributed by atoms with E-state index < -0.39 is 23.7 Å². The number of aliphatic hydroxyl groups is 1. The number of aliphatic carboxylic acids is 2. The van der Waals surface area contributed by atoms with Gasteiger partial charge < -0.3 is 20.2 Å². The molecule has 30 heavy (non-hydrogen) atoms. The van der Waals surface area contributed by atoms with Gasteiger partial charge in [-0.2, -0.15) is 13.2 Å². The third kappa shape index (κ3) is 5.13. The monoisotopic (exact) mass is 429 g/mol. The van der Waals surface area contributed by atoms with E-state index in [1.165, 1.54) is 36.8 Å². The van der Waals surface area contributed by atoms with E-state index >= 15 is 0 Å². The number of benzene rings is 1. The van der Waals surface area contributed by atoms with E-state index in [1.54, 1.807) is 0 Å². The van der Waals surface area contributed by atoms with Gasteiger partial charge in [-0.15, -0.1) is 0 Å². The molecule has 9 heteroatoms. The number of alkyl halides is 3. The molecule has 1 saturated heterocycles. The van der Waals surface area contributed by atoms with Crippen molar-refractivity contribution in [3.63, 3.8) is 0 Å². The van der Waals surface area contributed by atoms with Gasteiger partial charge in [0.25, 0.3) is 0 Å². The fraction of sp³-hybridized carbons (Fsp3) is 0.619. The Morgan fingerprint density at radius 1 is 1.03 bits per heavy atom. The first kappa shape index (κ1) is 22.6. The van der Waals surface area contributed by atoms with Crippen LogP contribution in [-0.2, 0) is 22.4 Å². The topological polar surface area (TPSA) is 98.1 Å². The highest BCUT2D eigenvalue weighted by Crippen LogP contribution is 2.45. The molecule has 1 heterocycles. The molecule has 1 aliphatic heterocycles. The molecule has 0 unspecified atom stereocenters. The van der Waals surface area contributed by atoms with Crippen LogP contribution in [0, 0.1) is 11.3 Å². The molecule has 0 radical (unpaired) electrons. The van der Waals surface area contributed by atoms with Crippen LogP contribution in [0.15, 0.2) is 24.3 Å². The van der Waals surface area contributed by atoms with E-state index in [2.05, 4.69) is 29.2 Å². The Morgan fingerprint density at radius 2 is 1.50 bits per heavy atom. The van der Waals surface area contributed by atoms with E-state index in [1.807, 2.05) is 0 Å². The average Bonchev–Trinajstić information content (AvgIpc) is 2.99. The number of rotatable bonds is 3. The van der Waals surface area contributed by atoms with Gasteiger partial charge in [0.1, 0.15) is 0 Å². The molecule has 1 spiro atoms. The molecule has 0 bridgehead atoms. The van der Waals surface area contributed by atoms with Gasteiger partial charge in [0.05, 0.1) is 11.5 Å². The second kappa shape index (κ2) is 8.19. The Bertz CT molecular complexity index is 769. The highest BCUT2D eigenvalue weighted by atomic mass is 19.4. The number of fused-ring (bicyclic) bond motifs is 1. The first-order valence-electron chi connectivity index (χ1n) is 9.96. The minimum Gasteiger partial charge on any atom is -0.481 e. The van der Waals surface area contributed by atoms with Crippen LogP contribution >= 0.6 is 0 Å². The average molecular weight is 429 g/mol. The van der Waals surface area contributed by atoms with Crippen LogP contribution in [0.1, 0.15) is 36.8 Å². The summed E-state index contributed by atoms with van der Waals surface area (Å²) in [5.41, 5.74) is 2.68. The summed E-state index contributed by atoms with van der Waals surface area (Å²) in [6, 6.07) is 8.80. The summed E-state index contributed by atoms with van der Waals surface area (Å²) in [5, 5.41) is 26.6. The number of nitrogens with zero attached hydrogens (tertiary/aromatic N) is 1. The van der Waals surface area contributed by atoms with E-state index in [-0.39, 0.29) is 5.92 Å². The van der Waals surface area contributed by atoms with Crippen molar-refractivity contribution in [2.45, 2.75) is 50.3 Å². The zero-order valence-corrected chi connectivity index (χ0v) is 16.5. The molecular weight excluding hydrogens is 403 g/mol. The normalized spacial score (nSPS) is 27.5. The molecule has 0 aromatic heterocycles. The second-order valence-electron chi connectivity index (χ2n) is 8.87. The summed E-state index contributed by atoms with van der Waals surface area (Å²) in [6.07, 6.45) is 0.496. The molecule has 1 saturated carbocycles. The molecule has 2 aliphatic carbocycles. The molecule has 3 N–H and O–H groups in total. The van der Waals surface area contributed by atoms with Gasteiger partial charge in [0.2, 0.25) is 0 Å². The van der Waals surface area contributed by atoms with Crippen molar-refractivity contribution in [2.75, 3.05) is 19.6 Å². The smallest absolute Gasteiger partial charge is 0.481 e. The highest BCUT2D eigenvalue weighted by molar-refractivity contribution is 5.73. The van der Waals surface area contributed by atoms with E-state index in [0.29, 0.717) is 24.8 Å². The lowest BCUT2D eigenvalue weighted by molar-refractivity contribution is -0.192. The van der Waals surface area contributed by atoms with Crippen molar-refractivity contribution in [3.05, 3.63) is 35.4 Å². The van der Waals surface area contributed by atoms with Gasteiger partial charge in [-0.1, -0.05) is 24.3 Å². The van der Waals surface area contributed by atoms with Crippen molar-refractivity contribution in [3.8, 4) is 0 Å². The quantitative estimate of drug-likeness (QED) is 0.684. The van der Waals surface area contributed by atoms with Crippen LogP contribution in [0.5, 0.6) is 0 Å². The standard InChI is InChI=1S/C19H25NO3.C2HF3O2/c21-17(22)16-11-19(23,12-16)13-20-7-5-18(6-8-20)9-14-3-1-2-4-15(14)10-18;3-2(4,5)1(6)7/h1-4,16,23H,5-13H2,(H,21,22);(H,6,7). The molecule has 1 aromatic carbocycles.